The molecule has 0 unspecified atom stereocenters. The summed E-state index contributed by atoms with van der Waals surface area (Å²) in [5.41, 5.74) is 6.98. The topological polar surface area (TPSA) is 108 Å². The van der Waals surface area contributed by atoms with E-state index in [4.69, 9.17) is 5.21 Å². The molecule has 7 heteroatoms. The predicted molar refractivity (Wildman–Crippen MR) is 141 cm³/mol. The molecule has 36 heavy (non-hydrogen) atoms. The minimum atomic E-state index is -0.295. The highest BCUT2D eigenvalue weighted by Crippen LogP contribution is 2.24. The lowest BCUT2D eigenvalue weighted by atomic mass is 10.00. The number of carbonyl (C=O) groups is 3. The number of benzene rings is 2. The zero-order valence-electron chi connectivity index (χ0n) is 20.3. The average Bonchev–Trinajstić information content (AvgIpc) is 3.69. The summed E-state index contributed by atoms with van der Waals surface area (Å²) in [5.74, 6) is -0.403. The van der Waals surface area contributed by atoms with Crippen molar-refractivity contribution >= 4 is 29.7 Å². The van der Waals surface area contributed by atoms with E-state index in [-0.39, 0.29) is 30.9 Å². The van der Waals surface area contributed by atoms with Crippen LogP contribution >= 0.6 is 0 Å². The minimum absolute atomic E-state index is 0.108. The van der Waals surface area contributed by atoms with Crippen molar-refractivity contribution in [1.82, 2.24) is 16.1 Å². The van der Waals surface area contributed by atoms with Crippen LogP contribution in [-0.2, 0) is 9.59 Å². The Bertz CT molecular complexity index is 1190. The number of carbonyl (C=O) groups excluding carboxylic acids is 3. The van der Waals surface area contributed by atoms with Gasteiger partial charge in [-0.05, 0) is 66.3 Å². The Morgan fingerprint density at radius 3 is 2.28 bits per heavy atom. The van der Waals surface area contributed by atoms with E-state index in [1.54, 1.807) is 36.4 Å². The highest BCUT2D eigenvalue weighted by molar-refractivity contribution is 6.24. The van der Waals surface area contributed by atoms with Crippen molar-refractivity contribution in [2.24, 2.45) is 0 Å². The lowest BCUT2D eigenvalue weighted by Gasteiger charge is -2.10. The molecule has 1 aliphatic rings. The van der Waals surface area contributed by atoms with E-state index in [0.717, 1.165) is 29.5 Å². The summed E-state index contributed by atoms with van der Waals surface area (Å²) in [5, 5.41) is 14.5. The van der Waals surface area contributed by atoms with Crippen LogP contribution in [-0.4, -0.2) is 42.4 Å². The number of hydrogen-bond donors (Lipinski definition) is 4. The molecule has 7 nitrogen and oxygen atoms in total. The number of rotatable bonds is 12. The monoisotopic (exact) mass is 485 g/mol. The number of aldehydes is 1. The van der Waals surface area contributed by atoms with Crippen LogP contribution in [0, 0.1) is 6.92 Å². The SMILES string of the molecule is C=C(/C=C\C(=C/C=O)CNC(=O)c1ccc(/C=C(/C(=O)NC2CC2)c2ccc(C)cc2)cc1)CNO. The molecule has 2 amide bonds. The van der Waals surface area contributed by atoms with Gasteiger partial charge in [-0.1, -0.05) is 60.7 Å². The maximum absolute atomic E-state index is 12.9. The van der Waals surface area contributed by atoms with Crippen LogP contribution in [0.15, 0.2) is 84.5 Å². The highest BCUT2D eigenvalue weighted by atomic mass is 16.5. The third-order valence-electron chi connectivity index (χ3n) is 5.58. The van der Waals surface area contributed by atoms with Crippen molar-refractivity contribution in [2.75, 3.05) is 13.1 Å². The van der Waals surface area contributed by atoms with E-state index in [0.29, 0.717) is 28.6 Å². The molecule has 2 aromatic rings. The Morgan fingerprint density at radius 2 is 1.67 bits per heavy atom. The predicted octanol–water partition coefficient (Wildman–Crippen LogP) is 3.76. The summed E-state index contributed by atoms with van der Waals surface area (Å²) in [6.07, 6.45) is 9.14. The van der Waals surface area contributed by atoms with Gasteiger partial charge in [-0.15, -0.1) is 0 Å². The van der Waals surface area contributed by atoms with Crippen LogP contribution < -0.4 is 16.1 Å². The Labute approximate surface area is 211 Å². The molecular formula is C29H31N3O4. The Kier molecular flexibility index (Phi) is 9.68. The number of nitrogens with one attached hydrogen (secondary N) is 3. The van der Waals surface area contributed by atoms with Crippen molar-refractivity contribution in [2.45, 2.75) is 25.8 Å². The lowest BCUT2D eigenvalue weighted by molar-refractivity contribution is -0.115. The summed E-state index contributed by atoms with van der Waals surface area (Å²) in [7, 11) is 0. The first-order chi connectivity index (χ1) is 17.4. The first kappa shape index (κ1) is 26.5. The molecule has 186 valence electrons. The van der Waals surface area contributed by atoms with Gasteiger partial charge in [-0.2, -0.15) is 0 Å². The molecule has 0 atom stereocenters. The molecule has 0 spiro atoms. The summed E-state index contributed by atoms with van der Waals surface area (Å²) >= 11 is 0. The van der Waals surface area contributed by atoms with E-state index in [1.165, 1.54) is 6.08 Å². The molecule has 0 bridgehead atoms. The van der Waals surface area contributed by atoms with E-state index in [1.807, 2.05) is 42.7 Å². The fourth-order valence-corrected chi connectivity index (χ4v) is 3.33. The van der Waals surface area contributed by atoms with Crippen LogP contribution in [0.3, 0.4) is 0 Å². The van der Waals surface area contributed by atoms with Gasteiger partial charge < -0.3 is 15.8 Å². The number of allylic oxidation sites excluding steroid dienone is 1. The van der Waals surface area contributed by atoms with Crippen molar-refractivity contribution < 1.29 is 19.6 Å². The van der Waals surface area contributed by atoms with Gasteiger partial charge in [0.25, 0.3) is 11.8 Å². The lowest BCUT2D eigenvalue weighted by Crippen LogP contribution is -2.26. The van der Waals surface area contributed by atoms with Gasteiger partial charge in [0.15, 0.2) is 0 Å². The molecule has 1 fully saturated rings. The fourth-order valence-electron chi connectivity index (χ4n) is 3.33. The second-order valence-corrected chi connectivity index (χ2v) is 8.68. The van der Waals surface area contributed by atoms with E-state index < -0.39 is 0 Å². The standard InChI is InChI=1S/C29H31N3O4/c1-20-4-9-24(10-5-20)27(29(35)32-26-13-14-26)17-22-7-11-25(12-8-22)28(34)30-19-23(15-16-33)6-3-21(2)18-31-36/h3-12,15-17,26,31,36H,2,13-14,18-19H2,1H3,(H,30,34)(H,32,35)/b6-3-,23-15+,27-17+. The van der Waals surface area contributed by atoms with Gasteiger partial charge >= 0.3 is 0 Å². The van der Waals surface area contributed by atoms with Gasteiger partial charge in [0.2, 0.25) is 0 Å². The van der Waals surface area contributed by atoms with E-state index >= 15 is 0 Å². The molecular weight excluding hydrogens is 454 g/mol. The molecule has 0 heterocycles. The Balaban J connectivity index is 1.70. The zero-order valence-corrected chi connectivity index (χ0v) is 20.3. The summed E-state index contributed by atoms with van der Waals surface area (Å²) < 4.78 is 0. The van der Waals surface area contributed by atoms with Gasteiger partial charge in [0, 0.05) is 30.3 Å². The summed E-state index contributed by atoms with van der Waals surface area (Å²) in [4.78, 5) is 36.4. The molecule has 4 N–H and O–H groups in total. The highest BCUT2D eigenvalue weighted by Gasteiger charge is 2.25. The Hall–Kier alpha value is -4.07. The summed E-state index contributed by atoms with van der Waals surface area (Å²) in [6, 6.07) is 15.0. The second-order valence-electron chi connectivity index (χ2n) is 8.68. The molecule has 0 aromatic heterocycles. The maximum atomic E-state index is 12.9. The van der Waals surface area contributed by atoms with Crippen LogP contribution in [0.25, 0.3) is 11.6 Å². The third-order valence-corrected chi connectivity index (χ3v) is 5.58. The van der Waals surface area contributed by atoms with Crippen molar-refractivity contribution in [3.8, 4) is 0 Å². The molecule has 3 rings (SSSR count). The van der Waals surface area contributed by atoms with Crippen molar-refractivity contribution in [3.63, 3.8) is 0 Å². The minimum Gasteiger partial charge on any atom is -0.349 e. The first-order valence-corrected chi connectivity index (χ1v) is 11.7. The summed E-state index contributed by atoms with van der Waals surface area (Å²) in [6.45, 7) is 6.09. The first-order valence-electron chi connectivity index (χ1n) is 11.7. The third kappa shape index (κ3) is 8.30. The van der Waals surface area contributed by atoms with E-state index in [2.05, 4.69) is 17.2 Å². The van der Waals surface area contributed by atoms with Crippen LogP contribution in [0.4, 0.5) is 0 Å². The number of amides is 2. The Morgan fingerprint density at radius 1 is 1.00 bits per heavy atom. The molecule has 0 aliphatic heterocycles. The fraction of sp³-hybridized carbons (Fsp3) is 0.207. The van der Waals surface area contributed by atoms with Crippen molar-refractivity contribution in [3.05, 3.63) is 107 Å². The molecule has 1 aliphatic carbocycles. The number of hydrogen-bond acceptors (Lipinski definition) is 5. The van der Waals surface area contributed by atoms with Crippen molar-refractivity contribution in [1.29, 1.82) is 0 Å². The maximum Gasteiger partial charge on any atom is 0.252 e. The van der Waals surface area contributed by atoms with Gasteiger partial charge in [0.1, 0.15) is 6.29 Å². The average molecular weight is 486 g/mol. The van der Waals surface area contributed by atoms with Crippen LogP contribution in [0.5, 0.6) is 0 Å². The molecule has 0 saturated heterocycles. The molecule has 1 saturated carbocycles. The normalized spacial score (nSPS) is 13.9. The molecule has 2 aromatic carbocycles. The number of hydroxylamine groups is 1. The van der Waals surface area contributed by atoms with Crippen LogP contribution in [0.2, 0.25) is 0 Å². The smallest absolute Gasteiger partial charge is 0.252 e. The van der Waals surface area contributed by atoms with Crippen LogP contribution in [0.1, 0.15) is 39.9 Å². The quantitative estimate of drug-likeness (QED) is 0.120. The van der Waals surface area contributed by atoms with E-state index in [9.17, 15) is 14.4 Å². The molecule has 0 radical (unpaired) electrons. The second kappa shape index (κ2) is 13.1. The van der Waals surface area contributed by atoms with Gasteiger partial charge in [0.05, 0.1) is 0 Å². The zero-order chi connectivity index (χ0) is 25.9. The van der Waals surface area contributed by atoms with Gasteiger partial charge in [-0.25, -0.2) is 5.48 Å². The largest absolute Gasteiger partial charge is 0.349 e. The number of aryl methyl sites for hydroxylation is 1. The van der Waals surface area contributed by atoms with Gasteiger partial charge in [-0.3, -0.25) is 14.4 Å².